The molecule has 0 aromatic carbocycles. The lowest BCUT2D eigenvalue weighted by Gasteiger charge is -2.30. The molecule has 0 heterocycles. The van der Waals surface area contributed by atoms with E-state index in [0.717, 1.165) is 26.0 Å². The number of carbonyl (C=O) groups is 2. The van der Waals surface area contributed by atoms with Crippen molar-refractivity contribution in [1.82, 2.24) is 10.6 Å². The largest absolute Gasteiger partial charge is 0.379 e. The second kappa shape index (κ2) is 17.4. The highest BCUT2D eigenvalue weighted by molar-refractivity contribution is 5.88. The van der Waals surface area contributed by atoms with Crippen LogP contribution in [0, 0.1) is 17.3 Å². The Kier molecular flexibility index (Phi) is 16.9. The van der Waals surface area contributed by atoms with Crippen molar-refractivity contribution in [2.24, 2.45) is 17.3 Å². The lowest BCUT2D eigenvalue weighted by molar-refractivity contribution is -0.131. The molecule has 196 valence electrons. The number of amides is 1. The molecule has 0 atom stereocenters. The van der Waals surface area contributed by atoms with E-state index in [1.807, 2.05) is 27.7 Å². The smallest absolute Gasteiger partial charge is 0.220 e. The quantitative estimate of drug-likeness (QED) is 0.246. The van der Waals surface area contributed by atoms with E-state index in [2.05, 4.69) is 38.3 Å². The Balaban J connectivity index is 3.45. The molecule has 7 heteroatoms. The van der Waals surface area contributed by atoms with Crippen LogP contribution in [0.1, 0.15) is 81.1 Å². The van der Waals surface area contributed by atoms with Crippen LogP contribution in [0.25, 0.3) is 0 Å². The Morgan fingerprint density at radius 1 is 0.697 bits per heavy atom. The van der Waals surface area contributed by atoms with Crippen molar-refractivity contribution in [2.45, 2.75) is 86.6 Å². The predicted molar refractivity (Wildman–Crippen MR) is 134 cm³/mol. The maximum atomic E-state index is 12.2. The highest BCUT2D eigenvalue weighted by Gasteiger charge is 2.30. The van der Waals surface area contributed by atoms with Crippen molar-refractivity contribution in [3.8, 4) is 0 Å². The maximum Gasteiger partial charge on any atom is 0.220 e. The molecule has 0 spiro atoms. The molecule has 0 saturated carbocycles. The van der Waals surface area contributed by atoms with Crippen molar-refractivity contribution < 1.29 is 23.8 Å². The van der Waals surface area contributed by atoms with E-state index >= 15 is 0 Å². The van der Waals surface area contributed by atoms with Crippen LogP contribution in [0.2, 0.25) is 0 Å². The third kappa shape index (κ3) is 15.5. The number of carbonyl (C=O) groups excluding carboxylic acids is 2. The average molecular weight is 473 g/mol. The molecule has 0 fully saturated rings. The van der Waals surface area contributed by atoms with Gasteiger partial charge in [0, 0.05) is 43.6 Å². The Morgan fingerprint density at radius 2 is 1.18 bits per heavy atom. The molecule has 2 N–H and O–H groups in total. The summed E-state index contributed by atoms with van der Waals surface area (Å²) in [5.74, 6) is 0.920. The number of hydrogen-bond donors (Lipinski definition) is 2. The van der Waals surface area contributed by atoms with Crippen LogP contribution in [0.5, 0.6) is 0 Å². The first kappa shape index (κ1) is 32.0. The molecule has 0 aromatic heterocycles. The van der Waals surface area contributed by atoms with Crippen molar-refractivity contribution in [1.29, 1.82) is 0 Å². The van der Waals surface area contributed by atoms with Gasteiger partial charge in [0.25, 0.3) is 0 Å². The Morgan fingerprint density at radius 3 is 1.67 bits per heavy atom. The summed E-state index contributed by atoms with van der Waals surface area (Å²) in [5, 5.41) is 6.41. The fourth-order valence-corrected chi connectivity index (χ4v) is 2.69. The van der Waals surface area contributed by atoms with Crippen molar-refractivity contribution in [3.63, 3.8) is 0 Å². The molecular weight excluding hydrogens is 420 g/mol. The molecule has 0 aliphatic carbocycles. The molecule has 0 radical (unpaired) electrons. The van der Waals surface area contributed by atoms with Crippen molar-refractivity contribution in [2.75, 3.05) is 52.7 Å². The van der Waals surface area contributed by atoms with Crippen LogP contribution < -0.4 is 10.6 Å². The van der Waals surface area contributed by atoms with Gasteiger partial charge in [-0.1, -0.05) is 41.5 Å². The number of ether oxygens (including phenoxy) is 3. The zero-order valence-electron chi connectivity index (χ0n) is 22.7. The number of nitrogens with one attached hydrogen (secondary N) is 2. The molecule has 0 aliphatic rings. The number of rotatable bonds is 21. The molecule has 0 bridgehead atoms. The highest BCUT2D eigenvalue weighted by Crippen LogP contribution is 2.28. The van der Waals surface area contributed by atoms with Crippen molar-refractivity contribution >= 4 is 11.7 Å². The van der Waals surface area contributed by atoms with Crippen LogP contribution >= 0.6 is 0 Å². The third-order valence-electron chi connectivity index (χ3n) is 6.76. The fraction of sp³-hybridized carbons (Fsp3) is 0.923. The minimum absolute atomic E-state index is 0.0781. The summed E-state index contributed by atoms with van der Waals surface area (Å²) in [6.45, 7) is 21.9. The first-order valence-corrected chi connectivity index (χ1v) is 12.7. The van der Waals surface area contributed by atoms with Crippen LogP contribution in [-0.4, -0.2) is 70.0 Å². The van der Waals surface area contributed by atoms with Gasteiger partial charge in [-0.3, -0.25) is 9.59 Å². The van der Waals surface area contributed by atoms with Crippen LogP contribution in [0.4, 0.5) is 0 Å². The van der Waals surface area contributed by atoms with Crippen LogP contribution in [-0.2, 0) is 23.8 Å². The summed E-state index contributed by atoms with van der Waals surface area (Å²) in [6.07, 6.45) is 2.27. The molecule has 1 amide bonds. The summed E-state index contributed by atoms with van der Waals surface area (Å²) >= 11 is 0. The minimum Gasteiger partial charge on any atom is -0.379 e. The molecule has 0 aliphatic heterocycles. The van der Waals surface area contributed by atoms with Gasteiger partial charge in [-0.25, -0.2) is 0 Å². The Labute approximate surface area is 203 Å². The molecule has 0 aromatic rings. The summed E-state index contributed by atoms with van der Waals surface area (Å²) in [6, 6.07) is 0. The standard InChI is InChI=1S/C26H52N2O5/c1-21(2)25(5,6)23(29)11-12-24(30)27-13-9-15-31-17-19-33-20-18-32-16-10-14-28-26(7,8)22(3)4/h21-22,28H,9-20H2,1-8H3,(H,27,30). The topological polar surface area (TPSA) is 85.9 Å². The lowest BCUT2D eigenvalue weighted by Crippen LogP contribution is -2.44. The first-order chi connectivity index (χ1) is 15.4. The zero-order valence-corrected chi connectivity index (χ0v) is 22.7. The van der Waals surface area contributed by atoms with Gasteiger partial charge in [0.05, 0.1) is 26.4 Å². The second-order valence-electron chi connectivity index (χ2n) is 10.5. The van der Waals surface area contributed by atoms with Gasteiger partial charge in [0.2, 0.25) is 5.91 Å². The van der Waals surface area contributed by atoms with Gasteiger partial charge in [0.1, 0.15) is 5.78 Å². The second-order valence-corrected chi connectivity index (χ2v) is 10.5. The van der Waals surface area contributed by atoms with E-state index < -0.39 is 0 Å². The number of hydrogen-bond acceptors (Lipinski definition) is 6. The Hall–Kier alpha value is -1.02. The number of ketones is 1. The first-order valence-electron chi connectivity index (χ1n) is 12.7. The van der Waals surface area contributed by atoms with Gasteiger partial charge in [-0.2, -0.15) is 0 Å². The Bertz CT molecular complexity index is 533. The maximum absolute atomic E-state index is 12.2. The molecule has 0 unspecified atom stereocenters. The molecule has 33 heavy (non-hydrogen) atoms. The summed E-state index contributed by atoms with van der Waals surface area (Å²) in [7, 11) is 0. The lowest BCUT2D eigenvalue weighted by atomic mass is 9.76. The zero-order chi connectivity index (χ0) is 25.3. The van der Waals surface area contributed by atoms with Gasteiger partial charge >= 0.3 is 0 Å². The van der Waals surface area contributed by atoms with Crippen LogP contribution in [0.3, 0.4) is 0 Å². The van der Waals surface area contributed by atoms with Crippen LogP contribution in [0.15, 0.2) is 0 Å². The SMILES string of the molecule is CC(C)C(C)(C)NCCCOCCOCCOCCCNC(=O)CCC(=O)C(C)(C)C(C)C. The molecule has 7 nitrogen and oxygen atoms in total. The van der Waals surface area contributed by atoms with Gasteiger partial charge in [-0.15, -0.1) is 0 Å². The molecule has 0 rings (SSSR count). The van der Waals surface area contributed by atoms with Gasteiger partial charge < -0.3 is 24.8 Å². The van der Waals surface area contributed by atoms with E-state index in [1.165, 1.54) is 0 Å². The van der Waals surface area contributed by atoms with Crippen molar-refractivity contribution in [3.05, 3.63) is 0 Å². The fourth-order valence-electron chi connectivity index (χ4n) is 2.69. The summed E-state index contributed by atoms with van der Waals surface area (Å²) in [4.78, 5) is 24.1. The monoisotopic (exact) mass is 472 g/mol. The average Bonchev–Trinajstić information content (AvgIpc) is 2.74. The minimum atomic E-state index is -0.385. The third-order valence-corrected chi connectivity index (χ3v) is 6.76. The molecule has 0 saturated heterocycles. The highest BCUT2D eigenvalue weighted by atomic mass is 16.5. The summed E-state index contributed by atoms with van der Waals surface area (Å²) in [5.41, 5.74) is -0.232. The summed E-state index contributed by atoms with van der Waals surface area (Å²) < 4.78 is 16.6. The van der Waals surface area contributed by atoms with E-state index in [0.29, 0.717) is 51.9 Å². The van der Waals surface area contributed by atoms with E-state index in [1.54, 1.807) is 0 Å². The molecular formula is C26H52N2O5. The van der Waals surface area contributed by atoms with Gasteiger partial charge in [0.15, 0.2) is 0 Å². The normalized spacial score (nSPS) is 12.5. The van der Waals surface area contributed by atoms with E-state index in [-0.39, 0.29) is 35.0 Å². The van der Waals surface area contributed by atoms with E-state index in [9.17, 15) is 9.59 Å². The van der Waals surface area contributed by atoms with E-state index in [4.69, 9.17) is 14.2 Å². The predicted octanol–water partition coefficient (Wildman–Crippen LogP) is 3.99. The van der Waals surface area contributed by atoms with Gasteiger partial charge in [-0.05, 0) is 45.1 Å². The number of Topliss-reactive ketones (excluding diaryl/α,β-unsaturated/α-hetero) is 1.